The Kier molecular flexibility index (Phi) is 10.7. The Morgan fingerprint density at radius 2 is 1.84 bits per heavy atom. The Labute approximate surface area is 323 Å². The molecular weight excluding hydrogens is 725 g/mol. The molecule has 2 aromatic rings. The van der Waals surface area contributed by atoms with Crippen LogP contribution in [0.15, 0.2) is 37.1 Å². The van der Waals surface area contributed by atoms with Gasteiger partial charge in [0.15, 0.2) is 0 Å². The van der Waals surface area contributed by atoms with E-state index in [0.29, 0.717) is 30.9 Å². The van der Waals surface area contributed by atoms with Crippen molar-refractivity contribution in [1.29, 1.82) is 0 Å². The van der Waals surface area contributed by atoms with Crippen molar-refractivity contribution in [3.63, 3.8) is 0 Å². The van der Waals surface area contributed by atoms with Gasteiger partial charge in [0.1, 0.15) is 23.4 Å². The van der Waals surface area contributed by atoms with Crippen LogP contribution in [0.25, 0.3) is 10.8 Å². The second kappa shape index (κ2) is 15.0. The minimum Gasteiger partial charge on any atom is -0.496 e. The van der Waals surface area contributed by atoms with Crippen LogP contribution >= 0.6 is 0 Å². The Balaban J connectivity index is 1.25. The third-order valence-corrected chi connectivity index (χ3v) is 14.2. The van der Waals surface area contributed by atoms with Gasteiger partial charge in [-0.15, -0.1) is 6.58 Å². The van der Waals surface area contributed by atoms with Crippen molar-refractivity contribution in [2.24, 2.45) is 23.2 Å². The van der Waals surface area contributed by atoms with E-state index < -0.39 is 68.0 Å². The van der Waals surface area contributed by atoms with Crippen LogP contribution in [-0.2, 0) is 33.9 Å². The van der Waals surface area contributed by atoms with Crippen molar-refractivity contribution in [3.05, 3.63) is 42.6 Å². The molecule has 0 spiro atoms. The molecule has 14 heteroatoms. The van der Waals surface area contributed by atoms with Gasteiger partial charge in [-0.1, -0.05) is 46.1 Å². The average Bonchev–Trinajstić information content (AvgIpc) is 4.09. The van der Waals surface area contributed by atoms with Gasteiger partial charge in [-0.3, -0.25) is 23.9 Å². The highest BCUT2D eigenvalue weighted by molar-refractivity contribution is 7.91. The highest BCUT2D eigenvalue weighted by atomic mass is 32.2. The first-order valence-corrected chi connectivity index (χ1v) is 21.3. The molecule has 55 heavy (non-hydrogen) atoms. The van der Waals surface area contributed by atoms with Crippen molar-refractivity contribution in [2.45, 2.75) is 120 Å². The van der Waals surface area contributed by atoms with Crippen molar-refractivity contribution >= 4 is 44.5 Å². The molecule has 7 rings (SSSR count). The fourth-order valence-corrected chi connectivity index (χ4v) is 10.5. The van der Waals surface area contributed by atoms with E-state index in [4.69, 9.17) is 14.2 Å². The number of methoxy groups -OCH3 is 1. The van der Waals surface area contributed by atoms with E-state index in [1.54, 1.807) is 13.3 Å². The number of rotatable bonds is 8. The van der Waals surface area contributed by atoms with E-state index in [0.717, 1.165) is 48.4 Å². The molecule has 1 aromatic heterocycles. The fourth-order valence-electron chi connectivity index (χ4n) is 9.12. The molecule has 4 bridgehead atoms. The van der Waals surface area contributed by atoms with Gasteiger partial charge in [0.05, 0.1) is 37.9 Å². The van der Waals surface area contributed by atoms with E-state index in [9.17, 15) is 27.6 Å². The number of nitrogens with one attached hydrogen (secondary N) is 2. The molecule has 13 nitrogen and oxygen atoms in total. The number of benzene rings is 1. The zero-order valence-corrected chi connectivity index (χ0v) is 33.1. The maximum atomic E-state index is 14.9. The second-order valence-electron chi connectivity index (χ2n) is 17.2. The first-order valence-electron chi connectivity index (χ1n) is 19.7. The molecular formula is C41H54N4O9S. The Bertz CT molecular complexity index is 1970. The summed E-state index contributed by atoms with van der Waals surface area (Å²) >= 11 is 0. The molecule has 1 unspecified atom stereocenters. The second-order valence-corrected chi connectivity index (χ2v) is 19.2. The molecule has 2 N–H and O–H groups in total. The minimum atomic E-state index is -3.89. The number of fused-ring (bicyclic) bond motifs is 3. The molecule has 6 atom stereocenters. The Hall–Kier alpha value is -4.20. The molecule has 3 saturated carbocycles. The van der Waals surface area contributed by atoms with Crippen LogP contribution in [0.3, 0.4) is 0 Å². The Morgan fingerprint density at radius 1 is 1.09 bits per heavy atom. The van der Waals surface area contributed by atoms with Gasteiger partial charge in [-0.25, -0.2) is 13.4 Å². The summed E-state index contributed by atoms with van der Waals surface area (Å²) in [6.45, 7) is 10.2. The summed E-state index contributed by atoms with van der Waals surface area (Å²) in [6.07, 6.45) is 8.77. The van der Waals surface area contributed by atoms with E-state index in [1.165, 1.54) is 11.0 Å². The summed E-state index contributed by atoms with van der Waals surface area (Å²) in [5.41, 5.74) is -0.979. The monoisotopic (exact) mass is 778 g/mol. The summed E-state index contributed by atoms with van der Waals surface area (Å²) in [5.74, 6) is -2.42. The predicted molar refractivity (Wildman–Crippen MR) is 205 cm³/mol. The number of sulfonamides is 1. The highest BCUT2D eigenvalue weighted by Crippen LogP contribution is 2.46. The van der Waals surface area contributed by atoms with Gasteiger partial charge < -0.3 is 24.4 Å². The molecule has 1 saturated heterocycles. The molecule has 3 amide bonds. The largest absolute Gasteiger partial charge is 0.496 e. The van der Waals surface area contributed by atoms with Crippen LogP contribution < -0.4 is 19.5 Å². The lowest BCUT2D eigenvalue weighted by molar-refractivity contribution is -0.154. The number of nitrogens with zero attached hydrogens (tertiary/aromatic N) is 2. The third-order valence-electron chi connectivity index (χ3n) is 12.4. The number of hydrogen-bond donors (Lipinski definition) is 2. The lowest BCUT2D eigenvalue weighted by Gasteiger charge is -2.34. The van der Waals surface area contributed by atoms with Crippen molar-refractivity contribution in [3.8, 4) is 11.6 Å². The smallest absolute Gasteiger partial charge is 0.306 e. The van der Waals surface area contributed by atoms with E-state index >= 15 is 0 Å². The molecule has 298 valence electrons. The van der Waals surface area contributed by atoms with Gasteiger partial charge in [-0.2, -0.15) is 0 Å². The summed E-state index contributed by atoms with van der Waals surface area (Å²) in [5, 5.41) is 3.84. The molecule has 0 radical (unpaired) electrons. The molecule has 3 heterocycles. The van der Waals surface area contributed by atoms with Crippen LogP contribution in [0.5, 0.6) is 11.6 Å². The van der Waals surface area contributed by atoms with E-state index in [-0.39, 0.29) is 50.2 Å². The lowest BCUT2D eigenvalue weighted by Crippen LogP contribution is -2.57. The van der Waals surface area contributed by atoms with Gasteiger partial charge in [0.25, 0.3) is 5.91 Å². The number of carbonyl (C=O) groups excluding carboxylic acids is 4. The molecule has 4 fully saturated rings. The number of pyridine rings is 1. The van der Waals surface area contributed by atoms with Gasteiger partial charge in [0, 0.05) is 23.9 Å². The number of amides is 3. The van der Waals surface area contributed by atoms with Crippen molar-refractivity contribution in [1.82, 2.24) is 19.9 Å². The van der Waals surface area contributed by atoms with Crippen LogP contribution in [0, 0.1) is 23.2 Å². The predicted octanol–water partition coefficient (Wildman–Crippen LogP) is 4.92. The fraction of sp³-hybridized carbons (Fsp3) is 0.634. The maximum absolute atomic E-state index is 14.9. The zero-order chi connectivity index (χ0) is 39.3. The van der Waals surface area contributed by atoms with Gasteiger partial charge in [-0.05, 0) is 84.9 Å². The molecule has 3 aliphatic carbocycles. The number of carbonyl (C=O) groups is 4. The normalized spacial score (nSPS) is 30.2. The molecule has 2 aliphatic heterocycles. The lowest BCUT2D eigenvalue weighted by atomic mass is 9.77. The standard InChI is InChI=1S/C41H54N4O9S/c1-6-27-21-41(27,39(49)44-55(50,51)29-12-13-29)43-36(47)33-17-28-22-45(33)38(48)32(25-10-8-7-9-11-25)19-35(46)53-23-40(3,4)20-24(2)30-18-31-26(16-34(30)52-5)14-15-42-37(31)54-28/h6,14-16,18,24-25,27-29,32-33H,1,7-13,17,19-23H2,2-5H3,(H,43,47)(H,44,49)/t24?,27-,28+,32-,33-,41+/m0/s1. The first-order chi connectivity index (χ1) is 26.1. The van der Waals surface area contributed by atoms with E-state index in [2.05, 4.69) is 42.4 Å². The van der Waals surface area contributed by atoms with Crippen LogP contribution in [-0.4, -0.2) is 85.2 Å². The summed E-state index contributed by atoms with van der Waals surface area (Å²) < 4.78 is 46.1. The average molecular weight is 779 g/mol. The highest BCUT2D eigenvalue weighted by Gasteiger charge is 2.62. The van der Waals surface area contributed by atoms with Crippen LogP contribution in [0.4, 0.5) is 0 Å². The Morgan fingerprint density at radius 3 is 2.51 bits per heavy atom. The quantitative estimate of drug-likeness (QED) is 0.277. The third kappa shape index (κ3) is 8.06. The summed E-state index contributed by atoms with van der Waals surface area (Å²) in [6, 6.07) is 4.77. The zero-order valence-electron chi connectivity index (χ0n) is 32.3. The van der Waals surface area contributed by atoms with Crippen LogP contribution in [0.2, 0.25) is 0 Å². The summed E-state index contributed by atoms with van der Waals surface area (Å²) in [7, 11) is -2.25. The maximum Gasteiger partial charge on any atom is 0.306 e. The number of cyclic esters (lactones) is 1. The molecule has 5 aliphatic rings. The minimum absolute atomic E-state index is 0.00834. The van der Waals surface area contributed by atoms with E-state index in [1.807, 2.05) is 18.2 Å². The van der Waals surface area contributed by atoms with Gasteiger partial charge in [0.2, 0.25) is 27.7 Å². The number of ether oxygens (including phenoxy) is 3. The first kappa shape index (κ1) is 39.1. The number of aromatic nitrogens is 1. The SMILES string of the molecule is C=C[C@H]1C[C@]1(NC(=O)[C@@H]1C[C@@H]2CN1C(=O)[C@H](C1CCCCC1)CC(=O)OCC(C)(C)CC(C)c1cc3c(nccc3cc1OC)O2)C(=O)NS(=O)(=O)C1CC1. The van der Waals surface area contributed by atoms with Crippen molar-refractivity contribution in [2.75, 3.05) is 20.3 Å². The molecule has 1 aromatic carbocycles. The topological polar surface area (TPSA) is 170 Å². The van der Waals surface area contributed by atoms with Gasteiger partial charge >= 0.3 is 5.97 Å². The summed E-state index contributed by atoms with van der Waals surface area (Å²) in [4.78, 5) is 62.7. The number of hydrogen-bond acceptors (Lipinski definition) is 10. The number of esters is 1. The van der Waals surface area contributed by atoms with Crippen LogP contribution in [0.1, 0.15) is 103 Å². The van der Waals surface area contributed by atoms with Crippen molar-refractivity contribution < 1.29 is 41.8 Å².